The van der Waals surface area contributed by atoms with Gasteiger partial charge in [-0.2, -0.15) is 0 Å². The molecule has 0 aliphatic carbocycles. The number of carbonyl (C=O) groups excluding carboxylic acids is 1. The Morgan fingerprint density at radius 3 is 2.45 bits per heavy atom. The van der Waals surface area contributed by atoms with Crippen molar-refractivity contribution in [3.05, 3.63) is 57.1 Å². The van der Waals surface area contributed by atoms with Gasteiger partial charge in [-0.1, -0.05) is 0 Å². The molecule has 0 spiro atoms. The van der Waals surface area contributed by atoms with E-state index in [-0.39, 0.29) is 54.1 Å². The number of nitrogens with two attached hydrogens (primary N) is 1. The van der Waals surface area contributed by atoms with Crippen LogP contribution in [-0.2, 0) is 0 Å². The number of halogens is 3. The summed E-state index contributed by atoms with van der Waals surface area (Å²) in [7, 11) is 0. The predicted molar refractivity (Wildman–Crippen MR) is 98.9 cm³/mol. The number of aryl methyl sites for hydroxylation is 1. The SMILES string of the molecule is Cc1c(N2CC(O)C2)c(F)cc2c(=O)c(C(=O)[O-])cn(-c3nc(N)c(F)cc3F)c12.[Li+]. The third-order valence-corrected chi connectivity index (χ3v) is 5.02. The van der Waals surface area contributed by atoms with E-state index >= 15 is 0 Å². The van der Waals surface area contributed by atoms with Gasteiger partial charge in [-0.15, -0.1) is 0 Å². The van der Waals surface area contributed by atoms with Crippen molar-refractivity contribution in [2.75, 3.05) is 23.7 Å². The van der Waals surface area contributed by atoms with E-state index in [2.05, 4.69) is 4.98 Å². The Labute approximate surface area is 184 Å². The molecule has 1 aliphatic heterocycles. The summed E-state index contributed by atoms with van der Waals surface area (Å²) in [6, 6.07) is 1.30. The van der Waals surface area contributed by atoms with Crippen LogP contribution in [0.15, 0.2) is 23.1 Å². The average molecular weight is 426 g/mol. The number of aromatic nitrogens is 2. The van der Waals surface area contributed by atoms with Crippen LogP contribution in [-0.4, -0.2) is 39.8 Å². The molecule has 4 rings (SSSR count). The van der Waals surface area contributed by atoms with E-state index in [1.165, 1.54) is 11.8 Å². The summed E-state index contributed by atoms with van der Waals surface area (Å²) < 4.78 is 43.9. The summed E-state index contributed by atoms with van der Waals surface area (Å²) in [5.41, 5.74) is 3.72. The first-order valence-corrected chi connectivity index (χ1v) is 8.74. The van der Waals surface area contributed by atoms with Crippen LogP contribution in [0.3, 0.4) is 0 Å². The van der Waals surface area contributed by atoms with Crippen molar-refractivity contribution in [2.45, 2.75) is 13.0 Å². The summed E-state index contributed by atoms with van der Waals surface area (Å²) >= 11 is 0. The van der Waals surface area contributed by atoms with E-state index in [1.54, 1.807) is 0 Å². The normalized spacial score (nSPS) is 13.8. The molecule has 1 aromatic carbocycles. The van der Waals surface area contributed by atoms with Crippen LogP contribution in [0.25, 0.3) is 16.7 Å². The molecule has 0 atom stereocenters. The number of aliphatic hydroxyl groups excluding tert-OH is 1. The Bertz CT molecular complexity index is 1290. The van der Waals surface area contributed by atoms with Crippen LogP contribution in [0.4, 0.5) is 24.7 Å². The number of aliphatic hydroxyl groups is 1. The molecular formula is C19H14F3LiN4O4. The first-order chi connectivity index (χ1) is 14.1. The molecule has 12 heteroatoms. The van der Waals surface area contributed by atoms with Crippen molar-refractivity contribution in [1.29, 1.82) is 0 Å². The van der Waals surface area contributed by atoms with E-state index in [0.29, 0.717) is 6.07 Å². The molecule has 0 radical (unpaired) electrons. The zero-order chi connectivity index (χ0) is 21.9. The molecule has 0 unspecified atom stereocenters. The molecule has 3 aromatic rings. The number of pyridine rings is 2. The monoisotopic (exact) mass is 426 g/mol. The van der Waals surface area contributed by atoms with Crippen LogP contribution in [0.1, 0.15) is 15.9 Å². The van der Waals surface area contributed by atoms with Crippen molar-refractivity contribution in [3.63, 3.8) is 0 Å². The number of benzene rings is 1. The van der Waals surface area contributed by atoms with E-state index in [9.17, 15) is 33.0 Å². The van der Waals surface area contributed by atoms with Crippen molar-refractivity contribution in [1.82, 2.24) is 9.55 Å². The van der Waals surface area contributed by atoms with Crippen LogP contribution >= 0.6 is 0 Å². The van der Waals surface area contributed by atoms with Crippen molar-refractivity contribution >= 4 is 28.4 Å². The van der Waals surface area contributed by atoms with Gasteiger partial charge in [-0.3, -0.25) is 9.36 Å². The number of nitrogen functional groups attached to an aromatic ring is 1. The van der Waals surface area contributed by atoms with Gasteiger partial charge in [-0.25, -0.2) is 18.2 Å². The fourth-order valence-electron chi connectivity index (χ4n) is 3.62. The standard InChI is InChI=1S/C19H15F3N4O4.Li/c1-7-14-9(2-11(20)15(7)25-4-8(27)5-25)16(28)10(19(29)30)6-26(14)18-13(22)3-12(21)17(23)24-18;/h2-3,6,8,27H,4-5H2,1H3,(H2,23,24)(H,29,30);/q;+1/p-1. The Morgan fingerprint density at radius 1 is 1.23 bits per heavy atom. The number of nitrogens with zero attached hydrogens (tertiary/aromatic N) is 3. The Kier molecular flexibility index (Phi) is 5.79. The Morgan fingerprint density at radius 2 is 1.87 bits per heavy atom. The smallest absolute Gasteiger partial charge is 0.545 e. The Balaban J connectivity index is 0.00000272. The number of hydrogen-bond donors (Lipinski definition) is 2. The molecule has 0 bridgehead atoms. The molecule has 0 amide bonds. The first-order valence-electron chi connectivity index (χ1n) is 8.74. The minimum Gasteiger partial charge on any atom is -0.545 e. The number of aromatic carboxylic acids is 1. The number of carbonyl (C=O) groups is 1. The molecule has 3 heterocycles. The topological polar surface area (TPSA) is 125 Å². The summed E-state index contributed by atoms with van der Waals surface area (Å²) in [4.78, 5) is 29.2. The molecular weight excluding hydrogens is 412 g/mol. The van der Waals surface area contributed by atoms with Crippen LogP contribution < -0.4 is 40.0 Å². The van der Waals surface area contributed by atoms with Gasteiger partial charge >= 0.3 is 18.9 Å². The number of carboxylic acids is 1. The van der Waals surface area contributed by atoms with Crippen LogP contribution in [0, 0.1) is 24.4 Å². The van der Waals surface area contributed by atoms with E-state index in [1.807, 2.05) is 0 Å². The predicted octanol–water partition coefficient (Wildman–Crippen LogP) is -2.76. The number of fused-ring (bicyclic) bond motifs is 1. The second-order valence-corrected chi connectivity index (χ2v) is 6.98. The van der Waals surface area contributed by atoms with Gasteiger partial charge in [-0.05, 0) is 13.0 Å². The second kappa shape index (κ2) is 7.92. The molecule has 8 nitrogen and oxygen atoms in total. The minimum atomic E-state index is -1.86. The summed E-state index contributed by atoms with van der Waals surface area (Å²) in [6.45, 7) is 1.73. The maximum Gasteiger partial charge on any atom is 1.00 e. The van der Waals surface area contributed by atoms with Gasteiger partial charge in [0.1, 0.15) is 5.82 Å². The fraction of sp³-hybridized carbons (Fsp3) is 0.211. The molecule has 1 fully saturated rings. The zero-order valence-corrected chi connectivity index (χ0v) is 16.4. The number of β-amino-alcohol motifs (C(OH)–C–C–N with tert-alkyl or cyclic N) is 1. The molecule has 3 N–H and O–H groups in total. The molecule has 2 aromatic heterocycles. The van der Waals surface area contributed by atoms with Gasteiger partial charge in [0, 0.05) is 30.9 Å². The van der Waals surface area contributed by atoms with Crippen molar-refractivity contribution < 1.29 is 47.0 Å². The molecule has 0 saturated carbocycles. The zero-order valence-electron chi connectivity index (χ0n) is 16.4. The molecule has 1 saturated heterocycles. The number of hydrogen-bond acceptors (Lipinski definition) is 7. The van der Waals surface area contributed by atoms with E-state index in [0.717, 1.165) is 16.8 Å². The average Bonchev–Trinajstić information content (AvgIpc) is 2.64. The van der Waals surface area contributed by atoms with Gasteiger partial charge in [0.25, 0.3) is 0 Å². The minimum absolute atomic E-state index is 0. The number of carboxylic acid groups (broad SMARTS) is 1. The molecule has 31 heavy (non-hydrogen) atoms. The second-order valence-electron chi connectivity index (χ2n) is 6.98. The largest absolute Gasteiger partial charge is 1.00 e. The van der Waals surface area contributed by atoms with Gasteiger partial charge in [0.15, 0.2) is 28.7 Å². The number of anilines is 2. The maximum atomic E-state index is 14.8. The number of rotatable bonds is 3. The molecule has 1 aliphatic rings. The molecule has 156 valence electrons. The van der Waals surface area contributed by atoms with Gasteiger partial charge in [0.05, 0.1) is 34.2 Å². The van der Waals surface area contributed by atoms with Crippen molar-refractivity contribution in [3.8, 4) is 5.82 Å². The quantitative estimate of drug-likeness (QED) is 0.435. The summed E-state index contributed by atoms with van der Waals surface area (Å²) in [5.74, 6) is -6.22. The van der Waals surface area contributed by atoms with Crippen molar-refractivity contribution in [2.24, 2.45) is 0 Å². The Hall–Kier alpha value is -3.00. The van der Waals surface area contributed by atoms with Gasteiger partial charge in [0.2, 0.25) is 0 Å². The van der Waals surface area contributed by atoms with Crippen LogP contribution in [0.2, 0.25) is 0 Å². The van der Waals surface area contributed by atoms with Crippen LogP contribution in [0.5, 0.6) is 0 Å². The summed E-state index contributed by atoms with van der Waals surface area (Å²) in [6.07, 6.45) is 0.126. The first kappa shape index (κ1) is 22.7. The fourth-order valence-corrected chi connectivity index (χ4v) is 3.62. The van der Waals surface area contributed by atoms with E-state index < -0.39 is 52.2 Å². The third-order valence-electron chi connectivity index (χ3n) is 5.02. The van der Waals surface area contributed by atoms with Gasteiger partial charge < -0.3 is 25.6 Å². The third kappa shape index (κ3) is 3.54. The summed E-state index contributed by atoms with van der Waals surface area (Å²) in [5, 5.41) is 20.6. The maximum absolute atomic E-state index is 14.8. The van der Waals surface area contributed by atoms with E-state index in [4.69, 9.17) is 5.73 Å².